The summed E-state index contributed by atoms with van der Waals surface area (Å²) in [5.41, 5.74) is 0. The van der Waals surface area contributed by atoms with E-state index in [9.17, 15) is 13.2 Å². The quantitative estimate of drug-likeness (QED) is 0.851. The molecule has 0 aliphatic carbocycles. The van der Waals surface area contributed by atoms with Gasteiger partial charge in [-0.2, -0.15) is 4.98 Å². The maximum Gasteiger partial charge on any atom is 0.573 e. The van der Waals surface area contributed by atoms with E-state index in [1.807, 2.05) is 11.1 Å². The van der Waals surface area contributed by atoms with Crippen LogP contribution in [0, 0.1) is 0 Å². The number of nitrogens with zero attached hydrogens (tertiary/aromatic N) is 3. The van der Waals surface area contributed by atoms with Gasteiger partial charge in [0.05, 0.1) is 0 Å². The van der Waals surface area contributed by atoms with Gasteiger partial charge in [0.2, 0.25) is 0 Å². The molecule has 2 aliphatic rings. The second-order valence-corrected chi connectivity index (χ2v) is 6.02. The lowest BCUT2D eigenvalue weighted by atomic mass is 10.3. The van der Waals surface area contributed by atoms with Crippen LogP contribution in [-0.4, -0.2) is 22.8 Å². The summed E-state index contributed by atoms with van der Waals surface area (Å²) in [6.45, 7) is 0.882. The van der Waals surface area contributed by atoms with Crippen molar-refractivity contribution in [3.63, 3.8) is 0 Å². The second-order valence-electron chi connectivity index (χ2n) is 5.08. The lowest BCUT2D eigenvalue weighted by molar-refractivity contribution is -0.274. The number of ether oxygens (including phenoxy) is 2. The van der Waals surface area contributed by atoms with Crippen LogP contribution in [0.15, 0.2) is 41.2 Å². The topological polar surface area (TPSA) is 47.0 Å². The summed E-state index contributed by atoms with van der Waals surface area (Å²) in [7, 11) is 0. The Kier molecular flexibility index (Phi) is 3.45. The standard InChI is InChI=1S/C15H10F3N3O2S/c16-15(17,18)23-10-5-3-9(4-6-10)22-14-19-11-8-21-7-1-2-12(21)20-13(11)24-14/h2-6,8H,1,7H2. The number of benzene rings is 1. The zero-order valence-corrected chi connectivity index (χ0v) is 12.9. The highest BCUT2D eigenvalue weighted by Gasteiger charge is 2.31. The number of hydrogen-bond acceptors (Lipinski definition) is 6. The molecule has 0 amide bonds. The summed E-state index contributed by atoms with van der Waals surface area (Å²) in [5.74, 6) is 0.978. The molecule has 0 bridgehead atoms. The van der Waals surface area contributed by atoms with E-state index in [1.165, 1.54) is 35.6 Å². The third-order valence-corrected chi connectivity index (χ3v) is 4.21. The van der Waals surface area contributed by atoms with Crippen LogP contribution in [-0.2, 0) is 0 Å². The molecule has 0 unspecified atom stereocenters. The molecular formula is C15H10F3N3O2S. The SMILES string of the molecule is FC(F)(F)Oc1ccc(Oc2nc3c(s2)=NC2=CCCN2C=3)cc1. The number of hydrogen-bond donors (Lipinski definition) is 0. The first-order valence-corrected chi connectivity index (χ1v) is 7.86. The minimum Gasteiger partial charge on any atom is -0.431 e. The molecule has 3 heterocycles. The Balaban J connectivity index is 1.54. The molecule has 0 atom stereocenters. The van der Waals surface area contributed by atoms with Crippen molar-refractivity contribution in [2.45, 2.75) is 12.8 Å². The van der Waals surface area contributed by atoms with Gasteiger partial charge in [-0.25, -0.2) is 4.99 Å². The minimum atomic E-state index is -4.71. The van der Waals surface area contributed by atoms with Crippen molar-refractivity contribution in [3.8, 4) is 16.7 Å². The summed E-state index contributed by atoms with van der Waals surface area (Å²) in [5, 5.41) is 1.11. The maximum atomic E-state index is 12.1. The highest BCUT2D eigenvalue weighted by Crippen LogP contribution is 2.27. The van der Waals surface area contributed by atoms with Crippen molar-refractivity contribution < 1.29 is 22.6 Å². The largest absolute Gasteiger partial charge is 0.573 e. The van der Waals surface area contributed by atoms with Gasteiger partial charge < -0.3 is 14.4 Å². The molecule has 1 aromatic heterocycles. The number of thiazole rings is 1. The fourth-order valence-electron chi connectivity index (χ4n) is 2.38. The average molecular weight is 353 g/mol. The van der Waals surface area contributed by atoms with E-state index in [-0.39, 0.29) is 5.75 Å². The van der Waals surface area contributed by atoms with Gasteiger partial charge >= 0.3 is 6.36 Å². The summed E-state index contributed by atoms with van der Waals surface area (Å²) >= 11 is 1.28. The van der Waals surface area contributed by atoms with Gasteiger partial charge in [-0.15, -0.1) is 13.2 Å². The van der Waals surface area contributed by atoms with Crippen molar-refractivity contribution >= 4 is 17.5 Å². The molecule has 0 fully saturated rings. The second kappa shape index (κ2) is 5.52. The van der Waals surface area contributed by atoms with Crippen LogP contribution in [0.2, 0.25) is 0 Å². The van der Waals surface area contributed by atoms with Crippen molar-refractivity contribution in [2.75, 3.05) is 6.54 Å². The Morgan fingerprint density at radius 2 is 1.88 bits per heavy atom. The van der Waals surface area contributed by atoms with Crippen molar-refractivity contribution in [1.29, 1.82) is 0 Å². The molecule has 4 rings (SSSR count). The zero-order valence-electron chi connectivity index (χ0n) is 12.1. The molecule has 0 saturated heterocycles. The number of alkyl halides is 3. The summed E-state index contributed by atoms with van der Waals surface area (Å²) in [6.07, 6.45) is 0.222. The highest BCUT2D eigenvalue weighted by atomic mass is 32.1. The Bertz CT molecular complexity index is 919. The lowest BCUT2D eigenvalue weighted by Gasteiger charge is -2.14. The zero-order chi connectivity index (χ0) is 16.7. The number of rotatable bonds is 3. The Hall–Kier alpha value is -2.55. The molecular weight excluding hydrogens is 343 g/mol. The molecule has 0 N–H and O–H groups in total. The fraction of sp³-hybridized carbons (Fsp3) is 0.200. The summed E-state index contributed by atoms with van der Waals surface area (Å²) in [6, 6.07) is 5.16. The smallest absolute Gasteiger partial charge is 0.431 e. The molecule has 0 saturated carbocycles. The van der Waals surface area contributed by atoms with Crippen LogP contribution in [0.3, 0.4) is 0 Å². The van der Waals surface area contributed by atoms with Gasteiger partial charge in [0.1, 0.15) is 22.7 Å². The first-order chi connectivity index (χ1) is 11.5. The normalized spacial score (nSPS) is 15.8. The van der Waals surface area contributed by atoms with Crippen LogP contribution in [0.1, 0.15) is 6.42 Å². The van der Waals surface area contributed by atoms with E-state index in [0.29, 0.717) is 10.9 Å². The number of halogens is 3. The van der Waals surface area contributed by atoms with E-state index in [0.717, 1.165) is 28.8 Å². The Morgan fingerprint density at radius 3 is 2.62 bits per heavy atom. The van der Waals surface area contributed by atoms with E-state index < -0.39 is 6.36 Å². The van der Waals surface area contributed by atoms with Crippen LogP contribution >= 0.6 is 11.3 Å². The van der Waals surface area contributed by atoms with Gasteiger partial charge in [0, 0.05) is 12.7 Å². The van der Waals surface area contributed by atoms with Gasteiger partial charge in [-0.05, 0) is 36.8 Å². The van der Waals surface area contributed by atoms with Crippen LogP contribution < -0.4 is 19.5 Å². The molecule has 24 heavy (non-hydrogen) atoms. The number of fused-ring (bicyclic) bond motifs is 2. The molecule has 124 valence electrons. The lowest BCUT2D eigenvalue weighted by Crippen LogP contribution is -2.31. The van der Waals surface area contributed by atoms with Crippen LogP contribution in [0.4, 0.5) is 13.2 Å². The first kappa shape index (κ1) is 15.0. The molecule has 9 heteroatoms. The average Bonchev–Trinajstić information content (AvgIpc) is 3.10. The van der Waals surface area contributed by atoms with Crippen molar-refractivity contribution in [2.24, 2.45) is 4.99 Å². The van der Waals surface area contributed by atoms with E-state index in [2.05, 4.69) is 20.8 Å². The first-order valence-electron chi connectivity index (χ1n) is 7.04. The molecule has 0 spiro atoms. The number of aromatic nitrogens is 1. The third-order valence-electron chi connectivity index (χ3n) is 3.36. The highest BCUT2D eigenvalue weighted by molar-refractivity contribution is 7.10. The predicted octanol–water partition coefficient (Wildman–Crippen LogP) is 2.75. The van der Waals surface area contributed by atoms with E-state index >= 15 is 0 Å². The van der Waals surface area contributed by atoms with Crippen molar-refractivity contribution in [1.82, 2.24) is 9.88 Å². The minimum absolute atomic E-state index is 0.302. The van der Waals surface area contributed by atoms with Gasteiger partial charge in [0.25, 0.3) is 5.19 Å². The summed E-state index contributed by atoms with van der Waals surface area (Å²) < 4.78 is 46.6. The van der Waals surface area contributed by atoms with Gasteiger partial charge in [-0.1, -0.05) is 11.3 Å². The van der Waals surface area contributed by atoms with Gasteiger partial charge in [-0.3, -0.25) is 0 Å². The molecule has 5 nitrogen and oxygen atoms in total. The van der Waals surface area contributed by atoms with E-state index in [1.54, 1.807) is 0 Å². The molecule has 2 aliphatic heterocycles. The predicted molar refractivity (Wildman–Crippen MR) is 80.0 cm³/mol. The van der Waals surface area contributed by atoms with Crippen molar-refractivity contribution in [3.05, 3.63) is 46.2 Å². The van der Waals surface area contributed by atoms with Crippen LogP contribution in [0.5, 0.6) is 16.7 Å². The Morgan fingerprint density at radius 1 is 1.12 bits per heavy atom. The monoisotopic (exact) mass is 353 g/mol. The Labute approximate surface area is 138 Å². The summed E-state index contributed by atoms with van der Waals surface area (Å²) in [4.78, 5) is 10.9. The van der Waals surface area contributed by atoms with Crippen LogP contribution in [0.25, 0.3) is 6.20 Å². The van der Waals surface area contributed by atoms with Gasteiger partial charge in [0.15, 0.2) is 4.67 Å². The molecule has 2 aromatic rings. The van der Waals surface area contributed by atoms with E-state index in [4.69, 9.17) is 4.74 Å². The maximum absolute atomic E-state index is 12.1. The molecule has 1 aromatic carbocycles. The molecule has 0 radical (unpaired) electrons. The fourth-order valence-corrected chi connectivity index (χ4v) is 3.17. The third kappa shape index (κ3) is 3.07.